The molecule has 2 rings (SSSR count). The molecule has 1 aliphatic rings. The van der Waals surface area contributed by atoms with Crippen molar-refractivity contribution in [2.75, 3.05) is 5.32 Å². The monoisotopic (exact) mass is 229 g/mol. The maximum atomic E-state index is 13.3. The first-order chi connectivity index (χ1) is 7.08. The minimum Gasteiger partial charge on any atom is -0.322 e. The van der Waals surface area contributed by atoms with Gasteiger partial charge in [0.05, 0.1) is 10.9 Å². The zero-order chi connectivity index (χ0) is 11.0. The minimum absolute atomic E-state index is 0.0814. The average Bonchev–Trinajstić information content (AvgIpc) is 2.30. The molecule has 0 aliphatic carbocycles. The fourth-order valence-corrected chi connectivity index (χ4v) is 1.79. The van der Waals surface area contributed by atoms with Gasteiger partial charge in [0.15, 0.2) is 0 Å². The predicted molar refractivity (Wildman–Crippen MR) is 56.1 cm³/mol. The van der Waals surface area contributed by atoms with Gasteiger partial charge in [0, 0.05) is 6.07 Å². The number of rotatable bonds is 0. The van der Waals surface area contributed by atoms with Crippen LogP contribution in [0.25, 0.3) is 0 Å². The molecule has 15 heavy (non-hydrogen) atoms. The summed E-state index contributed by atoms with van der Waals surface area (Å²) in [6.07, 6.45) is 0.918. The van der Waals surface area contributed by atoms with Crippen LogP contribution in [0.1, 0.15) is 12.0 Å². The Morgan fingerprint density at radius 1 is 1.40 bits per heavy atom. The Bertz CT molecular complexity index is 422. The molecule has 1 heterocycles. The van der Waals surface area contributed by atoms with Crippen LogP contribution in [0.2, 0.25) is 0 Å². The SMILES string of the molecule is O=C1Nc2c(F)cc(F)cc2CCC1S. The van der Waals surface area contributed by atoms with Crippen LogP contribution in [-0.4, -0.2) is 11.2 Å². The van der Waals surface area contributed by atoms with E-state index in [-0.39, 0.29) is 11.6 Å². The molecule has 0 radical (unpaired) electrons. The Balaban J connectivity index is 2.47. The van der Waals surface area contributed by atoms with Gasteiger partial charge < -0.3 is 5.32 Å². The number of aryl methyl sites for hydroxylation is 1. The number of amides is 1. The van der Waals surface area contributed by atoms with E-state index in [4.69, 9.17) is 0 Å². The molecule has 1 unspecified atom stereocenters. The molecule has 1 amide bonds. The summed E-state index contributed by atoms with van der Waals surface area (Å²) in [7, 11) is 0. The van der Waals surface area contributed by atoms with E-state index < -0.39 is 16.9 Å². The van der Waals surface area contributed by atoms with Crippen molar-refractivity contribution in [3.05, 3.63) is 29.3 Å². The number of carbonyl (C=O) groups is 1. The molecule has 1 aromatic rings. The lowest BCUT2D eigenvalue weighted by Crippen LogP contribution is -2.21. The smallest absolute Gasteiger partial charge is 0.237 e. The van der Waals surface area contributed by atoms with Crippen molar-refractivity contribution in [3.63, 3.8) is 0 Å². The largest absolute Gasteiger partial charge is 0.322 e. The molecule has 0 aromatic heterocycles. The highest BCUT2D eigenvalue weighted by Crippen LogP contribution is 2.27. The molecule has 0 saturated carbocycles. The maximum Gasteiger partial charge on any atom is 0.237 e. The third kappa shape index (κ3) is 1.97. The van der Waals surface area contributed by atoms with E-state index >= 15 is 0 Å². The van der Waals surface area contributed by atoms with Gasteiger partial charge in [-0.2, -0.15) is 12.6 Å². The Morgan fingerprint density at radius 3 is 2.87 bits per heavy atom. The Morgan fingerprint density at radius 2 is 2.13 bits per heavy atom. The highest BCUT2D eigenvalue weighted by Gasteiger charge is 2.23. The van der Waals surface area contributed by atoms with Crippen LogP contribution >= 0.6 is 12.6 Å². The summed E-state index contributed by atoms with van der Waals surface area (Å²) in [5.41, 5.74) is 0.565. The number of hydrogen-bond acceptors (Lipinski definition) is 2. The number of thiol groups is 1. The predicted octanol–water partition coefficient (Wildman–Crippen LogP) is 2.15. The molecule has 1 aromatic carbocycles. The van der Waals surface area contributed by atoms with Gasteiger partial charge in [0.25, 0.3) is 0 Å². The summed E-state index contributed by atoms with van der Waals surface area (Å²) in [5.74, 6) is -1.71. The number of benzene rings is 1. The Kier molecular flexibility index (Phi) is 2.65. The molecule has 0 bridgehead atoms. The second kappa shape index (κ2) is 3.81. The number of fused-ring (bicyclic) bond motifs is 1. The van der Waals surface area contributed by atoms with Gasteiger partial charge in [-0.05, 0) is 24.5 Å². The van der Waals surface area contributed by atoms with Gasteiger partial charge in [-0.25, -0.2) is 8.78 Å². The van der Waals surface area contributed by atoms with Gasteiger partial charge in [0.1, 0.15) is 11.6 Å². The highest BCUT2D eigenvalue weighted by molar-refractivity contribution is 7.81. The van der Waals surface area contributed by atoms with Crippen molar-refractivity contribution in [1.29, 1.82) is 0 Å². The van der Waals surface area contributed by atoms with Crippen LogP contribution in [0.15, 0.2) is 12.1 Å². The molecule has 0 fully saturated rings. The highest BCUT2D eigenvalue weighted by atomic mass is 32.1. The quantitative estimate of drug-likeness (QED) is 0.656. The zero-order valence-electron chi connectivity index (χ0n) is 7.76. The van der Waals surface area contributed by atoms with Crippen molar-refractivity contribution >= 4 is 24.2 Å². The second-order valence-corrected chi connectivity index (χ2v) is 4.09. The molecule has 1 atom stereocenters. The number of halogens is 2. The number of nitrogens with one attached hydrogen (secondary N) is 1. The van der Waals surface area contributed by atoms with Crippen LogP contribution in [-0.2, 0) is 11.2 Å². The third-order valence-electron chi connectivity index (χ3n) is 2.37. The minimum atomic E-state index is -0.735. The summed E-state index contributed by atoms with van der Waals surface area (Å²) >= 11 is 4.06. The molecule has 1 aliphatic heterocycles. The lowest BCUT2D eigenvalue weighted by atomic mass is 10.1. The number of carbonyl (C=O) groups excluding carboxylic acids is 1. The normalized spacial score (nSPS) is 20.5. The lowest BCUT2D eigenvalue weighted by molar-refractivity contribution is -0.115. The maximum absolute atomic E-state index is 13.3. The first-order valence-electron chi connectivity index (χ1n) is 4.55. The van der Waals surface area contributed by atoms with Gasteiger partial charge >= 0.3 is 0 Å². The zero-order valence-corrected chi connectivity index (χ0v) is 8.65. The molecule has 80 valence electrons. The van der Waals surface area contributed by atoms with E-state index in [1.807, 2.05) is 0 Å². The molecular formula is C10H9F2NOS. The van der Waals surface area contributed by atoms with Crippen molar-refractivity contribution in [3.8, 4) is 0 Å². The fourth-order valence-electron chi connectivity index (χ4n) is 1.59. The van der Waals surface area contributed by atoms with Crippen LogP contribution < -0.4 is 5.32 Å². The number of hydrogen-bond donors (Lipinski definition) is 2. The molecule has 1 N–H and O–H groups in total. The topological polar surface area (TPSA) is 29.1 Å². The van der Waals surface area contributed by atoms with Crippen molar-refractivity contribution in [2.24, 2.45) is 0 Å². The third-order valence-corrected chi connectivity index (χ3v) is 2.87. The van der Waals surface area contributed by atoms with Crippen molar-refractivity contribution in [1.82, 2.24) is 0 Å². The van der Waals surface area contributed by atoms with E-state index in [1.165, 1.54) is 6.07 Å². The van der Waals surface area contributed by atoms with Crippen LogP contribution in [0.5, 0.6) is 0 Å². The molecular weight excluding hydrogens is 220 g/mol. The summed E-state index contributed by atoms with van der Waals surface area (Å²) in [5, 5.41) is 1.94. The molecule has 2 nitrogen and oxygen atoms in total. The molecule has 0 saturated heterocycles. The Labute approximate surface area is 91.1 Å². The van der Waals surface area contributed by atoms with Crippen LogP contribution in [0, 0.1) is 11.6 Å². The number of anilines is 1. The van der Waals surface area contributed by atoms with E-state index in [2.05, 4.69) is 17.9 Å². The first-order valence-corrected chi connectivity index (χ1v) is 5.06. The van der Waals surface area contributed by atoms with Gasteiger partial charge in [-0.15, -0.1) is 0 Å². The van der Waals surface area contributed by atoms with E-state index in [0.29, 0.717) is 18.4 Å². The summed E-state index contributed by atoms with van der Waals surface area (Å²) < 4.78 is 26.2. The van der Waals surface area contributed by atoms with Gasteiger partial charge in [-0.3, -0.25) is 4.79 Å². The van der Waals surface area contributed by atoms with E-state index in [1.54, 1.807) is 0 Å². The van der Waals surface area contributed by atoms with Crippen molar-refractivity contribution in [2.45, 2.75) is 18.1 Å². The van der Waals surface area contributed by atoms with Crippen molar-refractivity contribution < 1.29 is 13.6 Å². The lowest BCUT2D eigenvalue weighted by Gasteiger charge is -2.08. The van der Waals surface area contributed by atoms with Gasteiger partial charge in [-0.1, -0.05) is 0 Å². The summed E-state index contributed by atoms with van der Waals surface area (Å²) in [6.45, 7) is 0. The van der Waals surface area contributed by atoms with Gasteiger partial charge in [0.2, 0.25) is 5.91 Å². The first kappa shape index (κ1) is 10.4. The summed E-state index contributed by atoms with van der Waals surface area (Å²) in [6, 6.07) is 2.00. The van der Waals surface area contributed by atoms with E-state index in [0.717, 1.165) is 6.07 Å². The molecule has 5 heteroatoms. The Hall–Kier alpha value is -1.10. The molecule has 0 spiro atoms. The fraction of sp³-hybridized carbons (Fsp3) is 0.300. The standard InChI is InChI=1S/C10H9F2NOS/c11-6-3-5-1-2-8(15)10(14)13-9(5)7(12)4-6/h3-4,8,15H,1-2H2,(H,13,14). The average molecular weight is 229 g/mol. The van der Waals surface area contributed by atoms with Crippen LogP contribution in [0.3, 0.4) is 0 Å². The summed E-state index contributed by atoms with van der Waals surface area (Å²) in [4.78, 5) is 11.4. The van der Waals surface area contributed by atoms with E-state index in [9.17, 15) is 13.6 Å². The van der Waals surface area contributed by atoms with Crippen LogP contribution in [0.4, 0.5) is 14.5 Å². The second-order valence-electron chi connectivity index (χ2n) is 3.47.